The fraction of sp³-hybridized carbons (Fsp3) is 0.389. The van der Waals surface area contributed by atoms with Gasteiger partial charge in [-0.3, -0.25) is 4.79 Å². The van der Waals surface area contributed by atoms with Crippen molar-refractivity contribution < 1.29 is 19.1 Å². The van der Waals surface area contributed by atoms with Crippen LogP contribution in [-0.4, -0.2) is 41.2 Å². The Bertz CT molecular complexity index is 725. The molecular weight excluding hydrogens is 330 g/mol. The van der Waals surface area contributed by atoms with Gasteiger partial charge in [-0.05, 0) is 44.2 Å². The first-order valence-corrected chi connectivity index (χ1v) is 8.28. The molecule has 2 aromatic rings. The third-order valence-corrected chi connectivity index (χ3v) is 4.43. The van der Waals surface area contributed by atoms with Gasteiger partial charge in [0.2, 0.25) is 0 Å². The normalized spacial score (nSPS) is 20.9. The minimum absolute atomic E-state index is 0.117. The maximum Gasteiger partial charge on any atom is 0.257 e. The van der Waals surface area contributed by atoms with E-state index in [9.17, 15) is 9.90 Å². The van der Waals surface area contributed by atoms with Crippen molar-refractivity contribution in [3.05, 3.63) is 52.4 Å². The van der Waals surface area contributed by atoms with Gasteiger partial charge in [-0.25, -0.2) is 0 Å². The van der Waals surface area contributed by atoms with Gasteiger partial charge >= 0.3 is 0 Å². The summed E-state index contributed by atoms with van der Waals surface area (Å²) >= 11 is 5.85. The van der Waals surface area contributed by atoms with Gasteiger partial charge in [-0.15, -0.1) is 0 Å². The Morgan fingerprint density at radius 1 is 1.33 bits per heavy atom. The molecule has 0 radical (unpaired) electrons. The summed E-state index contributed by atoms with van der Waals surface area (Å²) in [5, 5.41) is 11.0. The predicted octanol–water partition coefficient (Wildman–Crippen LogP) is 3.20. The summed E-state index contributed by atoms with van der Waals surface area (Å²) in [5.74, 6) is 1.85. The highest BCUT2D eigenvalue weighted by Gasteiger charge is 2.33. The first-order valence-electron chi connectivity index (χ1n) is 7.90. The van der Waals surface area contributed by atoms with Crippen molar-refractivity contribution in [2.24, 2.45) is 0 Å². The van der Waals surface area contributed by atoms with Crippen LogP contribution in [0.25, 0.3) is 0 Å². The van der Waals surface area contributed by atoms with Crippen LogP contribution >= 0.6 is 11.6 Å². The summed E-state index contributed by atoms with van der Waals surface area (Å²) in [6.07, 6.45) is -0.528. The van der Waals surface area contributed by atoms with Crippen molar-refractivity contribution >= 4 is 17.5 Å². The number of hydrogen-bond acceptors (Lipinski definition) is 4. The number of likely N-dealkylation sites (tertiary alicyclic amines) is 1. The van der Waals surface area contributed by atoms with Crippen LogP contribution in [-0.2, 0) is 0 Å². The second kappa shape index (κ2) is 6.87. The number of benzene rings is 1. The molecule has 1 amide bonds. The number of piperidine rings is 1. The topological polar surface area (TPSA) is 62.9 Å². The summed E-state index contributed by atoms with van der Waals surface area (Å²) in [5.41, 5.74) is 0.553. The lowest BCUT2D eigenvalue weighted by Gasteiger charge is -2.35. The molecule has 128 valence electrons. The number of hydrogen-bond donors (Lipinski definition) is 1. The van der Waals surface area contributed by atoms with Crippen LogP contribution in [0.2, 0.25) is 5.02 Å². The Balaban J connectivity index is 1.63. The van der Waals surface area contributed by atoms with E-state index in [0.717, 1.165) is 0 Å². The van der Waals surface area contributed by atoms with Crippen LogP contribution in [0.4, 0.5) is 0 Å². The highest BCUT2D eigenvalue weighted by atomic mass is 35.5. The minimum Gasteiger partial charge on any atom is -0.488 e. The Labute approximate surface area is 145 Å². The molecule has 6 heteroatoms. The second-order valence-corrected chi connectivity index (χ2v) is 6.48. The van der Waals surface area contributed by atoms with E-state index in [1.54, 1.807) is 42.2 Å². The molecule has 1 aliphatic heterocycles. The van der Waals surface area contributed by atoms with Gasteiger partial charge < -0.3 is 19.2 Å². The van der Waals surface area contributed by atoms with E-state index in [0.29, 0.717) is 40.8 Å². The third kappa shape index (κ3) is 3.57. The fourth-order valence-electron chi connectivity index (χ4n) is 2.93. The smallest absolute Gasteiger partial charge is 0.257 e. The van der Waals surface area contributed by atoms with Gasteiger partial charge in [0.05, 0.1) is 12.1 Å². The molecule has 0 saturated carbocycles. The van der Waals surface area contributed by atoms with Crippen molar-refractivity contribution in [3.63, 3.8) is 0 Å². The van der Waals surface area contributed by atoms with Gasteiger partial charge in [0.15, 0.2) is 0 Å². The molecule has 5 nitrogen and oxygen atoms in total. The van der Waals surface area contributed by atoms with Crippen molar-refractivity contribution in [1.29, 1.82) is 0 Å². The maximum absolute atomic E-state index is 12.6. The molecule has 1 saturated heterocycles. The largest absolute Gasteiger partial charge is 0.488 e. The van der Waals surface area contributed by atoms with E-state index >= 15 is 0 Å². The first-order chi connectivity index (χ1) is 11.4. The van der Waals surface area contributed by atoms with E-state index < -0.39 is 6.10 Å². The minimum atomic E-state index is -0.744. The summed E-state index contributed by atoms with van der Waals surface area (Å²) in [6, 6.07) is 8.76. The quantitative estimate of drug-likeness (QED) is 0.924. The molecule has 0 unspecified atom stereocenters. The number of carbonyl (C=O) groups is 1. The number of aryl methyl sites for hydroxylation is 2. The van der Waals surface area contributed by atoms with Crippen molar-refractivity contribution in [2.75, 3.05) is 13.1 Å². The number of nitrogens with zero attached hydrogens (tertiary/aromatic N) is 1. The van der Waals surface area contributed by atoms with Crippen LogP contribution in [0.5, 0.6) is 5.75 Å². The average Bonchev–Trinajstić information content (AvgIpc) is 2.89. The van der Waals surface area contributed by atoms with E-state index in [1.165, 1.54) is 0 Å². The zero-order valence-corrected chi connectivity index (χ0v) is 14.4. The lowest BCUT2D eigenvalue weighted by Crippen LogP contribution is -2.51. The zero-order valence-electron chi connectivity index (χ0n) is 13.7. The van der Waals surface area contributed by atoms with Crippen molar-refractivity contribution in [1.82, 2.24) is 4.90 Å². The van der Waals surface area contributed by atoms with E-state index in [-0.39, 0.29) is 18.6 Å². The molecule has 1 fully saturated rings. The molecule has 1 aromatic carbocycles. The van der Waals surface area contributed by atoms with E-state index in [4.69, 9.17) is 20.8 Å². The molecule has 1 N–H and O–H groups in total. The molecule has 0 aliphatic carbocycles. The van der Waals surface area contributed by atoms with Gasteiger partial charge in [-0.1, -0.05) is 11.6 Å². The van der Waals surface area contributed by atoms with Crippen LogP contribution in [0.1, 0.15) is 28.3 Å². The van der Waals surface area contributed by atoms with Crippen molar-refractivity contribution in [3.8, 4) is 5.75 Å². The second-order valence-electron chi connectivity index (χ2n) is 6.04. The molecular formula is C18H20ClNO4. The summed E-state index contributed by atoms with van der Waals surface area (Å²) in [6.45, 7) is 4.34. The third-order valence-electron chi connectivity index (χ3n) is 4.18. The van der Waals surface area contributed by atoms with E-state index in [2.05, 4.69) is 0 Å². The first kappa shape index (κ1) is 16.9. The lowest BCUT2D eigenvalue weighted by atomic mass is 10.0. The number of ether oxygens (including phenoxy) is 1. The number of carbonyl (C=O) groups excluding carboxylic acids is 1. The number of furan rings is 1. The molecule has 2 heterocycles. The average molecular weight is 350 g/mol. The van der Waals surface area contributed by atoms with Gasteiger partial charge in [0.1, 0.15) is 29.5 Å². The van der Waals surface area contributed by atoms with Gasteiger partial charge in [-0.2, -0.15) is 0 Å². The van der Waals surface area contributed by atoms with Crippen LogP contribution in [0.3, 0.4) is 0 Å². The number of amides is 1. The Hall–Kier alpha value is -1.98. The van der Waals surface area contributed by atoms with E-state index in [1.807, 2.05) is 6.92 Å². The monoisotopic (exact) mass is 349 g/mol. The highest BCUT2D eigenvalue weighted by Crippen LogP contribution is 2.23. The summed E-state index contributed by atoms with van der Waals surface area (Å²) in [4.78, 5) is 14.2. The molecule has 2 atom stereocenters. The number of halogens is 1. The summed E-state index contributed by atoms with van der Waals surface area (Å²) < 4.78 is 11.2. The molecule has 1 aliphatic rings. The SMILES string of the molecule is Cc1cc(C(=O)N2CC[C@@H](Oc3ccc(Cl)cc3)[C@H](O)C2)c(C)o1. The standard InChI is InChI=1S/C18H20ClNO4/c1-11-9-15(12(2)23-11)18(22)20-8-7-17(16(21)10-20)24-14-5-3-13(19)4-6-14/h3-6,9,16-17,21H,7-8,10H2,1-2H3/t16-,17-/m1/s1. The number of rotatable bonds is 3. The molecule has 0 bridgehead atoms. The lowest BCUT2D eigenvalue weighted by molar-refractivity contribution is -0.0199. The number of aliphatic hydroxyl groups is 1. The van der Waals surface area contributed by atoms with Crippen LogP contribution in [0.15, 0.2) is 34.7 Å². The molecule has 3 rings (SSSR count). The van der Waals surface area contributed by atoms with Crippen LogP contribution in [0, 0.1) is 13.8 Å². The maximum atomic E-state index is 12.6. The van der Waals surface area contributed by atoms with Gasteiger partial charge in [0.25, 0.3) is 5.91 Å². The summed E-state index contributed by atoms with van der Waals surface area (Å²) in [7, 11) is 0. The Morgan fingerprint density at radius 3 is 2.62 bits per heavy atom. The molecule has 0 spiro atoms. The van der Waals surface area contributed by atoms with Crippen molar-refractivity contribution in [2.45, 2.75) is 32.5 Å². The fourth-order valence-corrected chi connectivity index (χ4v) is 3.06. The molecule has 1 aromatic heterocycles. The highest BCUT2D eigenvalue weighted by molar-refractivity contribution is 6.30. The predicted molar refractivity (Wildman–Crippen MR) is 90.6 cm³/mol. The Morgan fingerprint density at radius 2 is 2.04 bits per heavy atom. The Kier molecular flexibility index (Phi) is 4.83. The van der Waals surface area contributed by atoms with Crippen LogP contribution < -0.4 is 4.74 Å². The van der Waals surface area contributed by atoms with Gasteiger partial charge in [0, 0.05) is 18.0 Å². The number of β-amino-alcohol motifs (C(OH)–C–C–N with tert-alkyl or cyclic N) is 1. The zero-order chi connectivity index (χ0) is 17.3. The molecule has 24 heavy (non-hydrogen) atoms. The number of aliphatic hydroxyl groups excluding tert-OH is 1.